The molecule has 1 aromatic rings. The molecule has 0 bridgehead atoms. The zero-order chi connectivity index (χ0) is 14.5. The van der Waals surface area contributed by atoms with E-state index in [2.05, 4.69) is 25.7 Å². The molecule has 1 heterocycles. The molecule has 0 fully saturated rings. The monoisotopic (exact) mass is 269 g/mol. The Morgan fingerprint density at radius 2 is 1.74 bits per heavy atom. The molecule has 0 aliphatic heterocycles. The fourth-order valence-electron chi connectivity index (χ4n) is 1.45. The van der Waals surface area contributed by atoms with Gasteiger partial charge in [-0.15, -0.1) is 0 Å². The van der Waals surface area contributed by atoms with E-state index < -0.39 is 5.60 Å². The Balaban J connectivity index is 2.95. The van der Waals surface area contributed by atoms with E-state index >= 15 is 0 Å². The second kappa shape index (κ2) is 6.48. The van der Waals surface area contributed by atoms with Crippen LogP contribution in [0.1, 0.15) is 27.7 Å². The number of nitrogens with zero attached hydrogens (tertiary/aromatic N) is 4. The van der Waals surface area contributed by atoms with Crippen LogP contribution in [-0.4, -0.2) is 45.3 Å². The Kier molecular flexibility index (Phi) is 5.25. The summed E-state index contributed by atoms with van der Waals surface area (Å²) in [6.07, 6.45) is 0. The summed E-state index contributed by atoms with van der Waals surface area (Å²) in [6, 6.07) is 0. The van der Waals surface area contributed by atoms with Gasteiger partial charge >= 0.3 is 0 Å². The van der Waals surface area contributed by atoms with Crippen LogP contribution in [0.2, 0.25) is 0 Å². The third kappa shape index (κ3) is 4.84. The standard InChI is InChI=1S/C11H23N7O/c1-5-18(6-2)10-15-8(13-7-11(3,4)19)14-9(16-10)17-12/h19H,5-7,12H2,1-4H3,(H2,13,14,15,16,17). The number of nitrogen functional groups attached to an aromatic ring is 1. The number of hydrogen-bond acceptors (Lipinski definition) is 8. The molecule has 0 unspecified atom stereocenters. The summed E-state index contributed by atoms with van der Waals surface area (Å²) in [5.41, 5.74) is 1.57. The maximum Gasteiger partial charge on any atom is 0.243 e. The van der Waals surface area contributed by atoms with Crippen LogP contribution in [0, 0.1) is 0 Å². The number of nitrogens with one attached hydrogen (secondary N) is 2. The minimum atomic E-state index is -0.849. The summed E-state index contributed by atoms with van der Waals surface area (Å²) in [5.74, 6) is 6.57. The first-order chi connectivity index (χ1) is 8.89. The zero-order valence-electron chi connectivity index (χ0n) is 11.9. The van der Waals surface area contributed by atoms with Gasteiger partial charge in [-0.25, -0.2) is 5.84 Å². The lowest BCUT2D eigenvalue weighted by molar-refractivity contribution is 0.0943. The average Bonchev–Trinajstić information content (AvgIpc) is 2.37. The van der Waals surface area contributed by atoms with Crippen LogP contribution in [0.3, 0.4) is 0 Å². The Morgan fingerprint density at radius 1 is 1.16 bits per heavy atom. The van der Waals surface area contributed by atoms with Crippen molar-refractivity contribution in [2.45, 2.75) is 33.3 Å². The van der Waals surface area contributed by atoms with Crippen molar-refractivity contribution in [1.29, 1.82) is 0 Å². The SMILES string of the molecule is CCN(CC)c1nc(NN)nc(NCC(C)(C)O)n1. The summed E-state index contributed by atoms with van der Waals surface area (Å²) in [7, 11) is 0. The topological polar surface area (TPSA) is 112 Å². The number of aliphatic hydroxyl groups is 1. The van der Waals surface area contributed by atoms with Gasteiger partial charge in [-0.3, -0.25) is 5.43 Å². The zero-order valence-corrected chi connectivity index (χ0v) is 11.9. The van der Waals surface area contributed by atoms with Crippen LogP contribution in [-0.2, 0) is 0 Å². The van der Waals surface area contributed by atoms with E-state index in [1.54, 1.807) is 13.8 Å². The van der Waals surface area contributed by atoms with Crippen molar-refractivity contribution >= 4 is 17.8 Å². The van der Waals surface area contributed by atoms with Crippen molar-refractivity contribution in [3.05, 3.63) is 0 Å². The van der Waals surface area contributed by atoms with Crippen molar-refractivity contribution in [2.24, 2.45) is 5.84 Å². The normalized spacial score (nSPS) is 11.3. The third-order valence-electron chi connectivity index (χ3n) is 2.48. The van der Waals surface area contributed by atoms with Crippen molar-refractivity contribution in [2.75, 3.05) is 35.3 Å². The van der Waals surface area contributed by atoms with Crippen LogP contribution in [0.15, 0.2) is 0 Å². The van der Waals surface area contributed by atoms with Gasteiger partial charge in [-0.2, -0.15) is 15.0 Å². The molecule has 1 rings (SSSR count). The quantitative estimate of drug-likeness (QED) is 0.410. The lowest BCUT2D eigenvalue weighted by Gasteiger charge is -2.21. The summed E-state index contributed by atoms with van der Waals surface area (Å²) in [6.45, 7) is 9.35. The first-order valence-corrected chi connectivity index (χ1v) is 6.33. The predicted molar refractivity (Wildman–Crippen MR) is 76.0 cm³/mol. The maximum absolute atomic E-state index is 9.69. The molecule has 0 aliphatic carbocycles. The molecule has 5 N–H and O–H groups in total. The molecule has 0 radical (unpaired) electrons. The van der Waals surface area contributed by atoms with Gasteiger partial charge in [0, 0.05) is 19.6 Å². The lowest BCUT2D eigenvalue weighted by Crippen LogP contribution is -2.31. The molecule has 0 saturated heterocycles. The molecule has 8 heteroatoms. The van der Waals surface area contributed by atoms with E-state index in [4.69, 9.17) is 5.84 Å². The van der Waals surface area contributed by atoms with Gasteiger partial charge in [0.1, 0.15) is 0 Å². The fraction of sp³-hybridized carbons (Fsp3) is 0.727. The number of aromatic nitrogens is 3. The van der Waals surface area contributed by atoms with E-state index in [1.807, 2.05) is 18.7 Å². The highest BCUT2D eigenvalue weighted by atomic mass is 16.3. The van der Waals surface area contributed by atoms with E-state index in [-0.39, 0.29) is 5.95 Å². The number of anilines is 3. The first-order valence-electron chi connectivity index (χ1n) is 6.33. The lowest BCUT2D eigenvalue weighted by atomic mass is 10.1. The number of hydrogen-bond donors (Lipinski definition) is 4. The Bertz CT molecular complexity index is 401. The second-order valence-electron chi connectivity index (χ2n) is 4.77. The van der Waals surface area contributed by atoms with Crippen LogP contribution >= 0.6 is 0 Å². The Hall–Kier alpha value is -1.67. The first kappa shape index (κ1) is 15.4. The van der Waals surface area contributed by atoms with Crippen molar-refractivity contribution in [1.82, 2.24) is 15.0 Å². The molecule has 8 nitrogen and oxygen atoms in total. The largest absolute Gasteiger partial charge is 0.389 e. The smallest absolute Gasteiger partial charge is 0.243 e. The van der Waals surface area contributed by atoms with Gasteiger partial charge in [-0.05, 0) is 27.7 Å². The molecule has 108 valence electrons. The predicted octanol–water partition coefficient (Wildman–Crippen LogP) is 0.186. The second-order valence-corrected chi connectivity index (χ2v) is 4.77. The molecule has 0 spiro atoms. The maximum atomic E-state index is 9.69. The molecule has 0 aliphatic rings. The number of rotatable bonds is 7. The highest BCUT2D eigenvalue weighted by Gasteiger charge is 2.15. The van der Waals surface area contributed by atoms with E-state index in [0.29, 0.717) is 18.4 Å². The molecule has 19 heavy (non-hydrogen) atoms. The van der Waals surface area contributed by atoms with E-state index in [1.165, 1.54) is 0 Å². The molecular weight excluding hydrogens is 246 g/mol. The van der Waals surface area contributed by atoms with Gasteiger partial charge in [0.05, 0.1) is 5.60 Å². The van der Waals surface area contributed by atoms with E-state index in [0.717, 1.165) is 13.1 Å². The van der Waals surface area contributed by atoms with Crippen LogP contribution in [0.4, 0.5) is 17.8 Å². The number of hydrazine groups is 1. The summed E-state index contributed by atoms with van der Waals surface area (Å²) in [4.78, 5) is 14.6. The average molecular weight is 269 g/mol. The van der Waals surface area contributed by atoms with Crippen LogP contribution in [0.5, 0.6) is 0 Å². The molecular formula is C11H23N7O. The van der Waals surface area contributed by atoms with Gasteiger partial charge < -0.3 is 15.3 Å². The molecule has 0 amide bonds. The van der Waals surface area contributed by atoms with Gasteiger partial charge in [0.15, 0.2) is 0 Å². The van der Waals surface area contributed by atoms with Crippen LogP contribution < -0.4 is 21.5 Å². The van der Waals surface area contributed by atoms with Gasteiger partial charge in [0.25, 0.3) is 0 Å². The van der Waals surface area contributed by atoms with Crippen LogP contribution in [0.25, 0.3) is 0 Å². The molecule has 0 atom stereocenters. The molecule has 0 saturated carbocycles. The Morgan fingerprint density at radius 3 is 2.21 bits per heavy atom. The number of nitrogens with two attached hydrogens (primary N) is 1. The van der Waals surface area contributed by atoms with E-state index in [9.17, 15) is 5.11 Å². The van der Waals surface area contributed by atoms with Crippen molar-refractivity contribution in [3.63, 3.8) is 0 Å². The third-order valence-corrected chi connectivity index (χ3v) is 2.48. The Labute approximate surface area is 113 Å². The van der Waals surface area contributed by atoms with Gasteiger partial charge in [-0.1, -0.05) is 0 Å². The minimum absolute atomic E-state index is 0.287. The molecule has 0 aromatic carbocycles. The van der Waals surface area contributed by atoms with Gasteiger partial charge in [0.2, 0.25) is 17.8 Å². The van der Waals surface area contributed by atoms with Crippen molar-refractivity contribution < 1.29 is 5.11 Å². The van der Waals surface area contributed by atoms with Crippen molar-refractivity contribution in [3.8, 4) is 0 Å². The highest BCUT2D eigenvalue weighted by molar-refractivity contribution is 5.43. The summed E-state index contributed by atoms with van der Waals surface area (Å²) in [5, 5.41) is 12.7. The minimum Gasteiger partial charge on any atom is -0.389 e. The summed E-state index contributed by atoms with van der Waals surface area (Å²) < 4.78 is 0. The molecule has 1 aromatic heterocycles. The highest BCUT2D eigenvalue weighted by Crippen LogP contribution is 2.13. The summed E-state index contributed by atoms with van der Waals surface area (Å²) >= 11 is 0. The fourth-order valence-corrected chi connectivity index (χ4v) is 1.45.